The maximum Gasteiger partial charge on any atom is 0.290 e. The summed E-state index contributed by atoms with van der Waals surface area (Å²) in [6, 6.07) is 5.43. The van der Waals surface area contributed by atoms with E-state index >= 15 is 0 Å². The van der Waals surface area contributed by atoms with E-state index in [0.29, 0.717) is 25.6 Å². The molecule has 1 amide bonds. The Morgan fingerprint density at radius 2 is 1.97 bits per heavy atom. The molecule has 154 valence electrons. The molecule has 0 aromatic carbocycles. The normalized spacial score (nSPS) is 16.4. The number of nitrogens with zero attached hydrogens (tertiary/aromatic N) is 5. The fourth-order valence-electron chi connectivity index (χ4n) is 3.42. The van der Waals surface area contributed by atoms with Crippen molar-refractivity contribution in [3.8, 4) is 0 Å². The summed E-state index contributed by atoms with van der Waals surface area (Å²) in [5.74, 6) is 1.34. The van der Waals surface area contributed by atoms with Crippen molar-refractivity contribution in [3.05, 3.63) is 52.3 Å². The molecule has 1 aliphatic carbocycles. The van der Waals surface area contributed by atoms with Crippen LogP contribution in [0.5, 0.6) is 0 Å². The monoisotopic (exact) mass is 399 g/mol. The molecule has 9 nitrogen and oxygen atoms in total. The van der Waals surface area contributed by atoms with E-state index in [1.54, 1.807) is 36.6 Å². The first-order valence-corrected chi connectivity index (χ1v) is 9.64. The smallest absolute Gasteiger partial charge is 0.290 e. The highest BCUT2D eigenvalue weighted by Crippen LogP contribution is 2.39. The Balaban J connectivity index is 0.000000755. The number of amides is 1. The number of carboxylic acid groups (broad SMARTS) is 1. The summed E-state index contributed by atoms with van der Waals surface area (Å²) in [7, 11) is 1.66. The second-order valence-corrected chi connectivity index (χ2v) is 7.15. The van der Waals surface area contributed by atoms with Gasteiger partial charge in [-0.2, -0.15) is 0 Å². The summed E-state index contributed by atoms with van der Waals surface area (Å²) in [6.07, 6.45) is 6.58. The number of aromatic nitrogens is 3. The Hall–Kier alpha value is -3.23. The minimum absolute atomic E-state index is 0.186. The van der Waals surface area contributed by atoms with Crippen LogP contribution in [0.3, 0.4) is 0 Å². The number of anilines is 1. The van der Waals surface area contributed by atoms with Crippen molar-refractivity contribution < 1.29 is 14.7 Å². The van der Waals surface area contributed by atoms with Gasteiger partial charge in [0.1, 0.15) is 17.7 Å². The second kappa shape index (κ2) is 9.31. The molecule has 1 aliphatic heterocycles. The number of pyridine rings is 1. The molecular weight excluding hydrogens is 374 g/mol. The van der Waals surface area contributed by atoms with Crippen LogP contribution in [0.4, 0.5) is 5.82 Å². The zero-order chi connectivity index (χ0) is 20.8. The van der Waals surface area contributed by atoms with Crippen LogP contribution in [-0.4, -0.2) is 63.1 Å². The predicted molar refractivity (Wildman–Crippen MR) is 107 cm³/mol. The number of aryl methyl sites for hydroxylation is 1. The lowest BCUT2D eigenvalue weighted by molar-refractivity contribution is -0.122. The topological polar surface area (TPSA) is 109 Å². The number of hydrogen-bond acceptors (Lipinski definition) is 6. The summed E-state index contributed by atoms with van der Waals surface area (Å²) in [4.78, 5) is 46.2. The minimum Gasteiger partial charge on any atom is -0.483 e. The van der Waals surface area contributed by atoms with Gasteiger partial charge in [-0.15, -0.1) is 0 Å². The highest BCUT2D eigenvalue weighted by molar-refractivity contribution is 5.93. The van der Waals surface area contributed by atoms with Crippen molar-refractivity contribution in [2.24, 2.45) is 7.05 Å². The first-order valence-electron chi connectivity index (χ1n) is 9.64. The van der Waals surface area contributed by atoms with Gasteiger partial charge < -0.3 is 19.5 Å². The first kappa shape index (κ1) is 20.5. The third-order valence-corrected chi connectivity index (χ3v) is 5.13. The van der Waals surface area contributed by atoms with Gasteiger partial charge in [0.05, 0.1) is 0 Å². The lowest BCUT2D eigenvalue weighted by Gasteiger charge is -2.23. The van der Waals surface area contributed by atoms with Crippen molar-refractivity contribution in [3.63, 3.8) is 0 Å². The van der Waals surface area contributed by atoms with Crippen LogP contribution in [0.25, 0.3) is 0 Å². The zero-order valence-electron chi connectivity index (χ0n) is 16.4. The summed E-state index contributed by atoms with van der Waals surface area (Å²) in [5, 5.41) is 6.89. The Morgan fingerprint density at radius 3 is 2.69 bits per heavy atom. The highest BCUT2D eigenvalue weighted by Gasteiger charge is 2.27. The average Bonchev–Trinajstić information content (AvgIpc) is 3.57. The summed E-state index contributed by atoms with van der Waals surface area (Å²) in [6.45, 7) is 2.53. The largest absolute Gasteiger partial charge is 0.483 e. The van der Waals surface area contributed by atoms with Crippen LogP contribution < -0.4 is 10.5 Å². The number of carbonyl (C=O) groups is 2. The van der Waals surface area contributed by atoms with Gasteiger partial charge >= 0.3 is 0 Å². The molecule has 0 atom stereocenters. The third kappa shape index (κ3) is 4.98. The molecule has 1 saturated heterocycles. The molecule has 4 rings (SSSR count). The minimum atomic E-state index is -0.250. The van der Waals surface area contributed by atoms with Gasteiger partial charge in [-0.1, -0.05) is 0 Å². The molecule has 9 heteroatoms. The lowest BCUT2D eigenvalue weighted by Crippen LogP contribution is -2.38. The molecule has 3 heterocycles. The molecule has 1 N–H and O–H groups in total. The van der Waals surface area contributed by atoms with Crippen molar-refractivity contribution >= 4 is 18.2 Å². The lowest BCUT2D eigenvalue weighted by atomic mass is 10.2. The van der Waals surface area contributed by atoms with E-state index in [2.05, 4.69) is 20.9 Å². The van der Waals surface area contributed by atoms with Gasteiger partial charge in [-0.3, -0.25) is 14.4 Å². The fourth-order valence-corrected chi connectivity index (χ4v) is 3.42. The van der Waals surface area contributed by atoms with Crippen LogP contribution in [0.1, 0.15) is 41.2 Å². The Morgan fingerprint density at radius 1 is 1.21 bits per heavy atom. The summed E-state index contributed by atoms with van der Waals surface area (Å²) < 4.78 is 1.44. The third-order valence-electron chi connectivity index (χ3n) is 5.13. The van der Waals surface area contributed by atoms with Gasteiger partial charge in [0.15, 0.2) is 0 Å². The molecule has 2 aliphatic rings. The highest BCUT2D eigenvalue weighted by atomic mass is 16.3. The maximum absolute atomic E-state index is 12.8. The van der Waals surface area contributed by atoms with E-state index in [9.17, 15) is 9.59 Å². The van der Waals surface area contributed by atoms with Gasteiger partial charge in [-0.05, 0) is 31.4 Å². The van der Waals surface area contributed by atoms with E-state index in [0.717, 1.165) is 24.5 Å². The predicted octanol–water partition coefficient (Wildman–Crippen LogP) is 1.11. The molecule has 1 saturated carbocycles. The van der Waals surface area contributed by atoms with Crippen molar-refractivity contribution in [2.45, 2.75) is 25.2 Å². The van der Waals surface area contributed by atoms with Crippen LogP contribution >= 0.6 is 0 Å². The van der Waals surface area contributed by atoms with Crippen molar-refractivity contribution in [1.29, 1.82) is 0 Å². The molecule has 29 heavy (non-hydrogen) atoms. The standard InChI is InChI=1S/C19H23N5O2.CH2O2/c1-22-7-2-4-15(18(22)25)19(26)24-9-3-8-23(10-11-24)17-12-16(14-5-6-14)20-13-21-17;2-1-3/h2,4,7,12-14H,3,5-6,8-11H2,1H3;1H,(H,2,3). The number of hydrogen-bond donors (Lipinski definition) is 1. The number of carbonyl (C=O) groups excluding carboxylic acids is 1. The molecule has 2 aromatic heterocycles. The molecule has 0 spiro atoms. The average molecular weight is 399 g/mol. The van der Waals surface area contributed by atoms with Gasteiger partial charge in [0.2, 0.25) is 0 Å². The van der Waals surface area contributed by atoms with E-state index in [1.807, 2.05) is 0 Å². The summed E-state index contributed by atoms with van der Waals surface area (Å²) >= 11 is 0. The Kier molecular flexibility index (Phi) is 6.58. The molecular formula is C20H25N5O4. The fraction of sp³-hybridized carbons (Fsp3) is 0.450. The van der Waals surface area contributed by atoms with E-state index in [4.69, 9.17) is 9.90 Å². The van der Waals surface area contributed by atoms with Crippen molar-refractivity contribution in [2.75, 3.05) is 31.1 Å². The molecule has 0 radical (unpaired) electrons. The molecule has 2 aromatic rings. The Bertz CT molecular complexity index is 925. The van der Waals surface area contributed by atoms with Crippen LogP contribution in [0.2, 0.25) is 0 Å². The van der Waals surface area contributed by atoms with E-state index in [-0.39, 0.29) is 23.5 Å². The second-order valence-electron chi connectivity index (χ2n) is 7.15. The SMILES string of the molecule is Cn1cccc(C(=O)N2CCCN(c3cc(C4CC4)ncn3)CC2)c1=O.O=CO. The zero-order valence-corrected chi connectivity index (χ0v) is 16.4. The van der Waals surface area contributed by atoms with Crippen LogP contribution in [0, 0.1) is 0 Å². The molecule has 0 unspecified atom stereocenters. The quantitative estimate of drug-likeness (QED) is 0.770. The van der Waals surface area contributed by atoms with Gasteiger partial charge in [0, 0.05) is 57.1 Å². The van der Waals surface area contributed by atoms with Crippen LogP contribution in [-0.2, 0) is 11.8 Å². The van der Waals surface area contributed by atoms with Gasteiger partial charge in [0.25, 0.3) is 17.9 Å². The molecule has 0 bridgehead atoms. The first-order chi connectivity index (χ1) is 14.0. The summed E-state index contributed by atoms with van der Waals surface area (Å²) in [5.41, 5.74) is 1.12. The number of rotatable bonds is 3. The van der Waals surface area contributed by atoms with E-state index < -0.39 is 0 Å². The molecule has 2 fully saturated rings. The van der Waals surface area contributed by atoms with Crippen LogP contribution in [0.15, 0.2) is 35.5 Å². The van der Waals surface area contributed by atoms with Gasteiger partial charge in [-0.25, -0.2) is 9.97 Å². The van der Waals surface area contributed by atoms with E-state index in [1.165, 1.54) is 17.4 Å². The Labute approximate surface area is 168 Å². The maximum atomic E-state index is 12.8. The van der Waals surface area contributed by atoms with Crippen molar-refractivity contribution in [1.82, 2.24) is 19.4 Å².